The van der Waals surface area contributed by atoms with Crippen molar-refractivity contribution in [3.8, 4) is 22.8 Å². The smallest absolute Gasteiger partial charge is 0.234 e. The number of rotatable bonds is 8. The molecule has 31 heavy (non-hydrogen) atoms. The molecular weight excluding hydrogens is 414 g/mol. The van der Waals surface area contributed by atoms with Crippen molar-refractivity contribution in [1.82, 2.24) is 19.8 Å². The first-order valence-electron chi connectivity index (χ1n) is 9.69. The number of hydrogen-bond donors (Lipinski definition) is 1. The molecule has 0 fully saturated rings. The molecule has 8 nitrogen and oxygen atoms in total. The predicted molar refractivity (Wildman–Crippen MR) is 120 cm³/mol. The van der Waals surface area contributed by atoms with E-state index >= 15 is 0 Å². The highest BCUT2D eigenvalue weighted by Crippen LogP contribution is 2.28. The van der Waals surface area contributed by atoms with Gasteiger partial charge in [-0.1, -0.05) is 23.9 Å². The number of hydrogen-bond acceptors (Lipinski definition) is 7. The molecule has 1 amide bonds. The molecule has 0 aliphatic carbocycles. The zero-order valence-corrected chi connectivity index (χ0v) is 17.9. The number of benzene rings is 2. The molecule has 0 bridgehead atoms. The lowest BCUT2D eigenvalue weighted by molar-refractivity contribution is -0.113. The summed E-state index contributed by atoms with van der Waals surface area (Å²) in [5, 5.41) is 16.4. The molecule has 0 aliphatic rings. The third-order valence-electron chi connectivity index (χ3n) is 4.40. The number of thioether (sulfide) groups is 1. The third kappa shape index (κ3) is 4.77. The second-order valence-electron chi connectivity index (χ2n) is 6.47. The Kier molecular flexibility index (Phi) is 6.32. The van der Waals surface area contributed by atoms with Crippen LogP contribution in [0.4, 0.5) is 5.69 Å². The van der Waals surface area contributed by atoms with E-state index in [1.807, 2.05) is 55.5 Å². The molecule has 9 heteroatoms. The van der Waals surface area contributed by atoms with Gasteiger partial charge in [0, 0.05) is 11.3 Å². The summed E-state index contributed by atoms with van der Waals surface area (Å²) in [5.74, 6) is 1.52. The number of nitrogens with one attached hydrogen (secondary N) is 1. The molecular formula is C22H21N5O3S. The molecule has 1 N–H and O–H groups in total. The minimum atomic E-state index is -0.146. The fourth-order valence-electron chi connectivity index (χ4n) is 2.99. The molecule has 2 aromatic carbocycles. The molecule has 0 saturated carbocycles. The second kappa shape index (κ2) is 9.48. The van der Waals surface area contributed by atoms with Crippen molar-refractivity contribution in [2.45, 2.75) is 12.1 Å². The quantitative estimate of drug-likeness (QED) is 0.419. The van der Waals surface area contributed by atoms with Gasteiger partial charge in [-0.3, -0.25) is 4.79 Å². The molecule has 4 aromatic rings. The van der Waals surface area contributed by atoms with Crippen LogP contribution in [-0.4, -0.2) is 45.2 Å². The number of anilines is 1. The van der Waals surface area contributed by atoms with Gasteiger partial charge in [0.1, 0.15) is 11.5 Å². The number of nitrogens with zero attached hydrogens (tertiary/aromatic N) is 4. The summed E-state index contributed by atoms with van der Waals surface area (Å²) in [7, 11) is 1.63. The number of carbonyl (C=O) groups is 1. The molecule has 2 aromatic heterocycles. The van der Waals surface area contributed by atoms with Gasteiger partial charge in [-0.2, -0.15) is 9.61 Å². The van der Waals surface area contributed by atoms with E-state index in [1.54, 1.807) is 23.8 Å². The van der Waals surface area contributed by atoms with Gasteiger partial charge in [0.2, 0.25) is 11.1 Å². The summed E-state index contributed by atoms with van der Waals surface area (Å²) < 4.78 is 12.5. The Morgan fingerprint density at radius 1 is 1.06 bits per heavy atom. The Morgan fingerprint density at radius 2 is 1.87 bits per heavy atom. The molecule has 158 valence electrons. The van der Waals surface area contributed by atoms with Gasteiger partial charge in [-0.25, -0.2) is 0 Å². The molecule has 0 spiro atoms. The first-order chi connectivity index (χ1) is 15.2. The number of fused-ring (bicyclic) bond motifs is 1. The average Bonchev–Trinajstić information content (AvgIpc) is 3.21. The Hall–Kier alpha value is -3.59. The van der Waals surface area contributed by atoms with E-state index in [9.17, 15) is 4.79 Å². The minimum Gasteiger partial charge on any atom is -0.496 e. The van der Waals surface area contributed by atoms with Crippen molar-refractivity contribution in [2.24, 2.45) is 0 Å². The predicted octanol–water partition coefficient (Wildman–Crippen LogP) is 3.93. The van der Waals surface area contributed by atoms with Crippen LogP contribution < -0.4 is 14.8 Å². The molecule has 0 atom stereocenters. The maximum atomic E-state index is 12.4. The van der Waals surface area contributed by atoms with Gasteiger partial charge >= 0.3 is 0 Å². The fourth-order valence-corrected chi connectivity index (χ4v) is 3.67. The van der Waals surface area contributed by atoms with Gasteiger partial charge in [0.25, 0.3) is 0 Å². The summed E-state index contributed by atoms with van der Waals surface area (Å²) in [6, 6.07) is 18.6. The van der Waals surface area contributed by atoms with E-state index in [1.165, 1.54) is 11.8 Å². The molecule has 0 saturated heterocycles. The number of methoxy groups -OCH3 is 1. The topological polar surface area (TPSA) is 90.6 Å². The van der Waals surface area contributed by atoms with Gasteiger partial charge in [-0.05, 0) is 55.5 Å². The van der Waals surface area contributed by atoms with Crippen molar-refractivity contribution in [3.05, 3.63) is 60.7 Å². The fraction of sp³-hybridized carbons (Fsp3) is 0.182. The largest absolute Gasteiger partial charge is 0.496 e. The molecule has 0 unspecified atom stereocenters. The van der Waals surface area contributed by atoms with Crippen molar-refractivity contribution in [3.63, 3.8) is 0 Å². The van der Waals surface area contributed by atoms with E-state index in [4.69, 9.17) is 9.47 Å². The molecule has 4 rings (SSSR count). The summed E-state index contributed by atoms with van der Waals surface area (Å²) in [6.45, 7) is 2.52. The Balaban J connectivity index is 1.46. The van der Waals surface area contributed by atoms with Crippen molar-refractivity contribution < 1.29 is 14.3 Å². The first kappa shape index (κ1) is 20.7. The normalized spacial score (nSPS) is 10.8. The van der Waals surface area contributed by atoms with Gasteiger partial charge < -0.3 is 14.8 Å². The SMILES string of the molecule is CCOc1ccc(NC(=O)CSc2nnc3ccc(-c4ccccc4OC)nn23)cc1. The van der Waals surface area contributed by atoms with E-state index in [0.717, 1.165) is 22.8 Å². The van der Waals surface area contributed by atoms with Crippen LogP contribution in [0.15, 0.2) is 65.8 Å². The first-order valence-corrected chi connectivity index (χ1v) is 10.7. The molecule has 2 heterocycles. The lowest BCUT2D eigenvalue weighted by atomic mass is 10.1. The zero-order valence-electron chi connectivity index (χ0n) is 17.1. The van der Waals surface area contributed by atoms with Crippen molar-refractivity contribution in [2.75, 3.05) is 24.8 Å². The minimum absolute atomic E-state index is 0.146. The lowest BCUT2D eigenvalue weighted by Crippen LogP contribution is -2.14. The number of ether oxygens (including phenoxy) is 2. The monoisotopic (exact) mass is 435 g/mol. The van der Waals surface area contributed by atoms with Gasteiger partial charge in [0.15, 0.2) is 5.65 Å². The molecule has 0 aliphatic heterocycles. The Labute approximate surface area is 183 Å². The van der Waals surface area contributed by atoms with E-state index in [2.05, 4.69) is 20.6 Å². The van der Waals surface area contributed by atoms with Crippen LogP contribution in [0, 0.1) is 0 Å². The number of para-hydroxylation sites is 1. The Bertz CT molecular complexity index is 1190. The summed E-state index contributed by atoms with van der Waals surface area (Å²) in [5.41, 5.74) is 2.90. The van der Waals surface area contributed by atoms with Crippen LogP contribution >= 0.6 is 11.8 Å². The van der Waals surface area contributed by atoms with Crippen molar-refractivity contribution >= 4 is 29.0 Å². The number of carbonyl (C=O) groups excluding carboxylic acids is 1. The zero-order chi connectivity index (χ0) is 21.6. The van der Waals surface area contributed by atoms with Crippen LogP contribution in [0.2, 0.25) is 0 Å². The van der Waals surface area contributed by atoms with Crippen LogP contribution in [0.3, 0.4) is 0 Å². The average molecular weight is 436 g/mol. The van der Waals surface area contributed by atoms with Crippen molar-refractivity contribution in [1.29, 1.82) is 0 Å². The van der Waals surface area contributed by atoms with E-state index in [-0.39, 0.29) is 11.7 Å². The number of amides is 1. The highest BCUT2D eigenvalue weighted by molar-refractivity contribution is 7.99. The van der Waals surface area contributed by atoms with Gasteiger partial charge in [0.05, 0.1) is 25.2 Å². The standard InChI is InChI=1S/C22H21N5O3S/c1-3-30-16-10-8-15(9-11-16)23-21(28)14-31-22-25-24-20-13-12-18(26-27(20)22)17-6-4-5-7-19(17)29-2/h4-13H,3,14H2,1-2H3,(H,23,28). The highest BCUT2D eigenvalue weighted by Gasteiger charge is 2.13. The van der Waals surface area contributed by atoms with E-state index < -0.39 is 0 Å². The van der Waals surface area contributed by atoms with Crippen LogP contribution in [0.25, 0.3) is 16.9 Å². The summed E-state index contributed by atoms with van der Waals surface area (Å²) in [6.07, 6.45) is 0. The summed E-state index contributed by atoms with van der Waals surface area (Å²) in [4.78, 5) is 12.4. The molecule has 0 radical (unpaired) electrons. The van der Waals surface area contributed by atoms with Crippen LogP contribution in [0.5, 0.6) is 11.5 Å². The maximum absolute atomic E-state index is 12.4. The maximum Gasteiger partial charge on any atom is 0.234 e. The lowest BCUT2D eigenvalue weighted by Gasteiger charge is -2.08. The van der Waals surface area contributed by atoms with Gasteiger partial charge in [-0.15, -0.1) is 10.2 Å². The Morgan fingerprint density at radius 3 is 2.65 bits per heavy atom. The van der Waals surface area contributed by atoms with E-state index in [0.29, 0.717) is 23.1 Å². The summed E-state index contributed by atoms with van der Waals surface area (Å²) >= 11 is 1.27. The third-order valence-corrected chi connectivity index (χ3v) is 5.32. The highest BCUT2D eigenvalue weighted by atomic mass is 32.2. The van der Waals surface area contributed by atoms with Crippen LogP contribution in [0.1, 0.15) is 6.92 Å². The van der Waals surface area contributed by atoms with Crippen LogP contribution in [-0.2, 0) is 4.79 Å². The second-order valence-corrected chi connectivity index (χ2v) is 7.41. The number of aromatic nitrogens is 4.